The van der Waals surface area contributed by atoms with Crippen LogP contribution in [0.15, 0.2) is 86.2 Å². The summed E-state index contributed by atoms with van der Waals surface area (Å²) in [4.78, 5) is 32.2. The average Bonchev–Trinajstić information content (AvgIpc) is 3.22. The maximum absolute atomic E-state index is 14.0. The van der Waals surface area contributed by atoms with Gasteiger partial charge in [-0.15, -0.1) is 0 Å². The number of nitrogens with zero attached hydrogens (tertiary/aromatic N) is 2. The van der Waals surface area contributed by atoms with Crippen molar-refractivity contribution in [3.8, 4) is 5.75 Å². The van der Waals surface area contributed by atoms with Crippen molar-refractivity contribution >= 4 is 74.1 Å². The van der Waals surface area contributed by atoms with E-state index in [-0.39, 0.29) is 24.3 Å². The molecule has 2 heterocycles. The van der Waals surface area contributed by atoms with E-state index in [1.165, 1.54) is 15.9 Å². The van der Waals surface area contributed by atoms with Crippen LogP contribution in [-0.4, -0.2) is 17.1 Å². The van der Waals surface area contributed by atoms with Gasteiger partial charge in [0.1, 0.15) is 18.4 Å². The van der Waals surface area contributed by atoms with Gasteiger partial charge in [0.2, 0.25) is 0 Å². The molecular weight excluding hydrogens is 671 g/mol. The lowest BCUT2D eigenvalue weighted by Crippen LogP contribution is -2.40. The van der Waals surface area contributed by atoms with E-state index in [1.807, 2.05) is 24.3 Å². The van der Waals surface area contributed by atoms with Crippen molar-refractivity contribution in [2.75, 3.05) is 6.61 Å². The molecule has 0 radical (unpaired) electrons. The first kappa shape index (κ1) is 29.6. The minimum Gasteiger partial charge on any atom is -0.487 e. The largest absolute Gasteiger partial charge is 0.487 e. The zero-order valence-corrected chi connectivity index (χ0v) is 26.5. The van der Waals surface area contributed by atoms with Crippen molar-refractivity contribution in [3.63, 3.8) is 0 Å². The predicted molar refractivity (Wildman–Crippen MR) is 167 cm³/mol. The Kier molecular flexibility index (Phi) is 9.06. The van der Waals surface area contributed by atoms with Crippen LogP contribution in [0, 0.1) is 0 Å². The van der Waals surface area contributed by atoms with Crippen LogP contribution in [0.1, 0.15) is 36.6 Å². The molecule has 41 heavy (non-hydrogen) atoms. The smallest absolute Gasteiger partial charge is 0.338 e. The van der Waals surface area contributed by atoms with Gasteiger partial charge in [0.05, 0.1) is 26.9 Å². The number of benzene rings is 3. The molecule has 5 rings (SSSR count). The van der Waals surface area contributed by atoms with Crippen molar-refractivity contribution in [1.29, 1.82) is 0 Å². The van der Waals surface area contributed by atoms with Crippen molar-refractivity contribution in [3.05, 3.63) is 128 Å². The first-order chi connectivity index (χ1) is 19.7. The van der Waals surface area contributed by atoms with Crippen LogP contribution in [0.4, 0.5) is 0 Å². The standard InChI is InChI=1S/C30H22BrCl3N2O4S/c1-3-39-29(38)25-16(2)35-30-36(26(25)21-9-4-5-10-23(21)34)28(37)24(41-30)13-18-12-20(33)14-22(31)27(18)40-15-17-7-6-8-19(32)11-17/h4-14,26H,3,15H2,1-2H3/b24-13-/t26-/m0/s1. The fourth-order valence-electron chi connectivity index (χ4n) is 4.55. The summed E-state index contributed by atoms with van der Waals surface area (Å²) in [6.07, 6.45) is 1.71. The molecule has 3 aromatic carbocycles. The Morgan fingerprint density at radius 3 is 2.61 bits per heavy atom. The van der Waals surface area contributed by atoms with Gasteiger partial charge in [-0.1, -0.05) is 76.5 Å². The molecule has 1 aromatic heterocycles. The summed E-state index contributed by atoms with van der Waals surface area (Å²) in [7, 11) is 0. The third-order valence-corrected chi connectivity index (χ3v) is 8.68. The summed E-state index contributed by atoms with van der Waals surface area (Å²) in [5, 5.41) is 1.48. The Hall–Kier alpha value is -2.88. The molecule has 0 fully saturated rings. The van der Waals surface area contributed by atoms with E-state index in [0.717, 1.165) is 5.56 Å². The summed E-state index contributed by atoms with van der Waals surface area (Å²) in [5.41, 5.74) is 2.44. The second kappa shape index (κ2) is 12.5. The van der Waals surface area contributed by atoms with Crippen molar-refractivity contribution < 1.29 is 14.3 Å². The van der Waals surface area contributed by atoms with Gasteiger partial charge in [-0.3, -0.25) is 9.36 Å². The third-order valence-electron chi connectivity index (χ3n) is 6.31. The van der Waals surface area contributed by atoms with E-state index in [2.05, 4.69) is 20.9 Å². The van der Waals surface area contributed by atoms with Gasteiger partial charge in [-0.25, -0.2) is 9.79 Å². The minimum atomic E-state index is -0.814. The van der Waals surface area contributed by atoms with Crippen LogP contribution in [-0.2, 0) is 16.1 Å². The van der Waals surface area contributed by atoms with Gasteiger partial charge in [0.15, 0.2) is 4.80 Å². The Morgan fingerprint density at radius 2 is 1.88 bits per heavy atom. The van der Waals surface area contributed by atoms with Crippen molar-refractivity contribution in [1.82, 2.24) is 4.57 Å². The number of thiazole rings is 1. The molecule has 0 saturated heterocycles. The lowest BCUT2D eigenvalue weighted by atomic mass is 9.96. The van der Waals surface area contributed by atoms with Crippen LogP contribution < -0.4 is 19.6 Å². The van der Waals surface area contributed by atoms with E-state index in [4.69, 9.17) is 44.3 Å². The van der Waals surface area contributed by atoms with E-state index in [0.29, 0.717) is 51.4 Å². The molecule has 210 valence electrons. The van der Waals surface area contributed by atoms with E-state index < -0.39 is 12.0 Å². The maximum atomic E-state index is 14.0. The SMILES string of the molecule is CCOC(=O)C1=C(C)N=c2s/c(=C\c3cc(Cl)cc(Br)c3OCc3cccc(Cl)c3)c(=O)n2[C@H]1c1ccccc1Cl. The number of esters is 1. The lowest BCUT2D eigenvalue weighted by Gasteiger charge is -2.25. The van der Waals surface area contributed by atoms with Gasteiger partial charge >= 0.3 is 5.97 Å². The monoisotopic (exact) mass is 690 g/mol. The normalized spacial score (nSPS) is 15.0. The van der Waals surface area contributed by atoms with Crippen LogP contribution >= 0.6 is 62.1 Å². The molecule has 0 unspecified atom stereocenters. The molecule has 0 aliphatic carbocycles. The van der Waals surface area contributed by atoms with E-state index in [1.54, 1.807) is 56.3 Å². The van der Waals surface area contributed by atoms with Crippen molar-refractivity contribution in [2.24, 2.45) is 4.99 Å². The molecule has 4 aromatic rings. The topological polar surface area (TPSA) is 69.9 Å². The number of rotatable bonds is 7. The average molecular weight is 693 g/mol. The summed E-state index contributed by atoms with van der Waals surface area (Å²) < 4.78 is 14.0. The zero-order valence-electron chi connectivity index (χ0n) is 21.8. The first-order valence-electron chi connectivity index (χ1n) is 12.5. The van der Waals surface area contributed by atoms with Crippen LogP contribution in [0.3, 0.4) is 0 Å². The molecule has 6 nitrogen and oxygen atoms in total. The second-order valence-corrected chi connectivity index (χ2v) is 12.2. The highest BCUT2D eigenvalue weighted by atomic mass is 79.9. The number of carbonyl (C=O) groups is 1. The number of fused-ring (bicyclic) bond motifs is 1. The molecule has 0 amide bonds. The van der Waals surface area contributed by atoms with E-state index >= 15 is 0 Å². The molecule has 0 saturated carbocycles. The molecule has 1 aliphatic heterocycles. The predicted octanol–water partition coefficient (Wildman–Crippen LogP) is 7.10. The number of halogens is 4. The number of allylic oxidation sites excluding steroid dienone is 1. The maximum Gasteiger partial charge on any atom is 0.338 e. The quantitative estimate of drug-likeness (QED) is 0.194. The molecular formula is C30H22BrCl3N2O4S. The Morgan fingerprint density at radius 1 is 1.10 bits per heavy atom. The second-order valence-electron chi connectivity index (χ2n) is 9.05. The first-order valence-corrected chi connectivity index (χ1v) is 15.2. The minimum absolute atomic E-state index is 0.177. The van der Waals surface area contributed by atoms with E-state index in [9.17, 15) is 9.59 Å². The fourth-order valence-corrected chi connectivity index (χ4v) is 6.98. The summed E-state index contributed by atoms with van der Waals surface area (Å²) in [5.74, 6) is -0.0466. The molecule has 0 bridgehead atoms. The Balaban J connectivity index is 1.66. The van der Waals surface area contributed by atoms with Gasteiger partial charge < -0.3 is 9.47 Å². The summed E-state index contributed by atoms with van der Waals surface area (Å²) in [6, 6.07) is 17.1. The number of carbonyl (C=O) groups excluding carboxylic acids is 1. The van der Waals surface area contributed by atoms with Crippen LogP contribution in [0.5, 0.6) is 5.75 Å². The molecule has 11 heteroatoms. The van der Waals surface area contributed by atoms with Crippen molar-refractivity contribution in [2.45, 2.75) is 26.5 Å². The Labute approximate surface area is 263 Å². The highest BCUT2D eigenvalue weighted by molar-refractivity contribution is 9.10. The lowest BCUT2D eigenvalue weighted by molar-refractivity contribution is -0.139. The Bertz CT molecular complexity index is 1880. The van der Waals surface area contributed by atoms with Crippen LogP contribution in [0.2, 0.25) is 15.1 Å². The number of ether oxygens (including phenoxy) is 2. The molecule has 1 aliphatic rings. The number of hydrogen-bond acceptors (Lipinski definition) is 6. The van der Waals surface area contributed by atoms with Gasteiger partial charge in [-0.05, 0) is 77.3 Å². The summed E-state index contributed by atoms with van der Waals surface area (Å²) >= 11 is 23.9. The van der Waals surface area contributed by atoms with Gasteiger partial charge in [0.25, 0.3) is 5.56 Å². The molecule has 1 atom stereocenters. The third kappa shape index (κ3) is 6.17. The summed E-state index contributed by atoms with van der Waals surface area (Å²) in [6.45, 7) is 3.88. The highest BCUT2D eigenvalue weighted by Gasteiger charge is 2.34. The molecule has 0 N–H and O–H groups in total. The van der Waals surface area contributed by atoms with Crippen LogP contribution in [0.25, 0.3) is 6.08 Å². The number of hydrogen-bond donors (Lipinski definition) is 0. The molecule has 0 spiro atoms. The number of aromatic nitrogens is 1. The van der Waals surface area contributed by atoms with Gasteiger partial charge in [-0.2, -0.15) is 0 Å². The zero-order chi connectivity index (χ0) is 29.3. The highest BCUT2D eigenvalue weighted by Crippen LogP contribution is 2.36. The van der Waals surface area contributed by atoms with Gasteiger partial charge in [0, 0.05) is 20.6 Å². The fraction of sp³-hybridized carbons (Fsp3) is 0.167.